The van der Waals surface area contributed by atoms with Crippen LogP contribution in [0.5, 0.6) is 23.0 Å². The summed E-state index contributed by atoms with van der Waals surface area (Å²) in [6.45, 7) is 0. The van der Waals surface area contributed by atoms with Crippen LogP contribution in [0.15, 0.2) is 134 Å². The molecule has 2 aliphatic heterocycles. The molecule has 0 saturated heterocycles. The zero-order chi connectivity index (χ0) is 28.0. The van der Waals surface area contributed by atoms with Crippen LogP contribution in [0.1, 0.15) is 5.56 Å². The fraction of sp³-hybridized carbons (Fsp3) is 0. The predicted molar refractivity (Wildman–Crippen MR) is 164 cm³/mol. The van der Waals surface area contributed by atoms with Crippen molar-refractivity contribution in [3.8, 4) is 40.2 Å². The Morgan fingerprint density at radius 3 is 1.50 bits per heavy atom. The van der Waals surface area contributed by atoms with Gasteiger partial charge in [0, 0.05) is 18.0 Å². The predicted octanol–water partition coefficient (Wildman–Crippen LogP) is 9.77. The Kier molecular flexibility index (Phi) is 5.41. The number of para-hydroxylation sites is 8. The van der Waals surface area contributed by atoms with Crippen molar-refractivity contribution in [2.24, 2.45) is 0 Å². The van der Waals surface area contributed by atoms with Gasteiger partial charge in [-0.15, -0.1) is 0 Å². The van der Waals surface area contributed by atoms with E-state index < -0.39 is 0 Å². The monoisotopic (exact) mass is 542 g/mol. The molecular weight excluding hydrogens is 520 g/mol. The van der Waals surface area contributed by atoms with E-state index >= 15 is 0 Å². The van der Waals surface area contributed by atoms with E-state index in [-0.39, 0.29) is 0 Å². The zero-order valence-electron chi connectivity index (χ0n) is 22.3. The largest absolute Gasteiger partial charge is 0.453 e. The number of pyridine rings is 1. The third-order valence-corrected chi connectivity index (χ3v) is 7.57. The molecule has 0 unspecified atom stereocenters. The van der Waals surface area contributed by atoms with E-state index in [4.69, 9.17) is 9.47 Å². The van der Waals surface area contributed by atoms with Crippen LogP contribution in [0.4, 0.5) is 34.1 Å². The molecule has 0 aliphatic carbocycles. The fourth-order valence-corrected chi connectivity index (χ4v) is 5.72. The highest BCUT2D eigenvalue weighted by Gasteiger charge is 2.29. The first-order valence-corrected chi connectivity index (χ1v) is 13.6. The Labute approximate surface area is 242 Å². The lowest BCUT2D eigenvalue weighted by Crippen LogP contribution is -2.17. The number of nitrogens with zero attached hydrogens (tertiary/aromatic N) is 4. The van der Waals surface area contributed by atoms with E-state index in [2.05, 4.69) is 26.9 Å². The van der Waals surface area contributed by atoms with Crippen LogP contribution in [-0.4, -0.2) is 4.98 Å². The van der Waals surface area contributed by atoms with Crippen LogP contribution in [0.3, 0.4) is 0 Å². The highest BCUT2D eigenvalue weighted by molar-refractivity contribution is 5.94. The van der Waals surface area contributed by atoms with Crippen molar-refractivity contribution in [1.29, 1.82) is 5.26 Å². The molecule has 0 bridgehead atoms. The maximum atomic E-state index is 10.4. The maximum absolute atomic E-state index is 10.4. The van der Waals surface area contributed by atoms with E-state index in [0.29, 0.717) is 5.56 Å². The van der Waals surface area contributed by atoms with Crippen molar-refractivity contribution >= 4 is 34.1 Å². The molecule has 0 saturated carbocycles. The number of rotatable bonds is 3. The summed E-state index contributed by atoms with van der Waals surface area (Å²) in [5.74, 6) is 3.03. The van der Waals surface area contributed by atoms with Crippen molar-refractivity contribution in [2.45, 2.75) is 0 Å². The molecule has 1 aromatic heterocycles. The third-order valence-electron chi connectivity index (χ3n) is 7.57. The second kappa shape index (κ2) is 9.54. The molecule has 3 heterocycles. The summed E-state index contributed by atoms with van der Waals surface area (Å²) in [6.07, 6.45) is 3.65. The molecule has 0 spiro atoms. The molecule has 198 valence electrons. The Balaban J connectivity index is 1.29. The van der Waals surface area contributed by atoms with Crippen LogP contribution < -0.4 is 19.3 Å². The third kappa shape index (κ3) is 3.69. The quantitative estimate of drug-likeness (QED) is 0.221. The molecule has 0 radical (unpaired) electrons. The molecule has 0 amide bonds. The summed E-state index contributed by atoms with van der Waals surface area (Å²) in [5.41, 5.74) is 7.66. The van der Waals surface area contributed by atoms with E-state index in [9.17, 15) is 5.26 Å². The number of hydrogen-bond acceptors (Lipinski definition) is 6. The smallest absolute Gasteiger partial charge is 0.151 e. The molecule has 6 nitrogen and oxygen atoms in total. The Bertz CT molecular complexity index is 1960. The lowest BCUT2D eigenvalue weighted by atomic mass is 9.99. The Morgan fingerprint density at radius 2 is 1.00 bits per heavy atom. The van der Waals surface area contributed by atoms with Gasteiger partial charge in [0.05, 0.1) is 39.7 Å². The summed E-state index contributed by atoms with van der Waals surface area (Å²) < 4.78 is 12.4. The molecule has 2 aliphatic rings. The standard InChI is InChI=1S/C36H22N4O2/c37-22-25-21-24(17-18-27(25)39-29-9-1-5-13-33(29)41-34-14-6-2-10-30(34)39)26-23-38-20-19-28(26)40-31-11-3-7-15-35(31)42-36-16-8-4-12-32(36)40/h1-21,23H. The molecule has 6 aromatic rings. The van der Waals surface area contributed by atoms with Gasteiger partial charge in [-0.2, -0.15) is 5.26 Å². The number of benzene rings is 5. The lowest BCUT2D eigenvalue weighted by Gasteiger charge is -2.34. The van der Waals surface area contributed by atoms with Gasteiger partial charge in [-0.25, -0.2) is 0 Å². The molecular formula is C36H22N4O2. The van der Waals surface area contributed by atoms with Gasteiger partial charge < -0.3 is 19.3 Å². The van der Waals surface area contributed by atoms with Gasteiger partial charge >= 0.3 is 0 Å². The van der Waals surface area contributed by atoms with Gasteiger partial charge in [-0.3, -0.25) is 4.98 Å². The van der Waals surface area contributed by atoms with E-state index in [1.165, 1.54) is 0 Å². The van der Waals surface area contributed by atoms with Crippen LogP contribution in [0.25, 0.3) is 11.1 Å². The van der Waals surface area contributed by atoms with Gasteiger partial charge in [-0.1, -0.05) is 54.6 Å². The molecule has 8 rings (SSSR count). The first-order valence-electron chi connectivity index (χ1n) is 13.6. The highest BCUT2D eigenvalue weighted by atomic mass is 16.5. The summed E-state index contributed by atoms with van der Waals surface area (Å²) in [4.78, 5) is 8.77. The Hall–Kier alpha value is -6.06. The SMILES string of the molecule is N#Cc1cc(-c2cnccc2N2c3ccccc3Oc3ccccc32)ccc1N1c2ccccc2Oc2ccccc21. The van der Waals surface area contributed by atoms with E-state index in [1.807, 2.05) is 121 Å². The number of fused-ring (bicyclic) bond motifs is 4. The minimum Gasteiger partial charge on any atom is -0.453 e. The summed E-state index contributed by atoms with van der Waals surface area (Å²) >= 11 is 0. The summed E-state index contributed by atoms with van der Waals surface area (Å²) in [5, 5.41) is 10.4. The van der Waals surface area contributed by atoms with E-state index in [0.717, 1.165) is 68.2 Å². The molecule has 0 fully saturated rings. The van der Waals surface area contributed by atoms with E-state index in [1.54, 1.807) is 6.20 Å². The van der Waals surface area contributed by atoms with Gasteiger partial charge in [0.1, 0.15) is 6.07 Å². The molecule has 0 atom stereocenters. The second-order valence-corrected chi connectivity index (χ2v) is 9.98. The minimum absolute atomic E-state index is 0.539. The van der Waals surface area contributed by atoms with Crippen molar-refractivity contribution in [3.63, 3.8) is 0 Å². The molecule has 0 N–H and O–H groups in total. The summed E-state index contributed by atoms with van der Waals surface area (Å²) in [7, 11) is 0. The lowest BCUT2D eigenvalue weighted by molar-refractivity contribution is 0.476. The highest BCUT2D eigenvalue weighted by Crippen LogP contribution is 2.53. The minimum atomic E-state index is 0.539. The molecule has 5 aromatic carbocycles. The normalized spacial score (nSPS) is 12.5. The van der Waals surface area contributed by atoms with Crippen molar-refractivity contribution < 1.29 is 9.47 Å². The topological polar surface area (TPSA) is 61.6 Å². The summed E-state index contributed by atoms with van der Waals surface area (Å²) in [6, 6.07) is 42.2. The van der Waals surface area contributed by atoms with Crippen molar-refractivity contribution in [1.82, 2.24) is 4.98 Å². The zero-order valence-corrected chi connectivity index (χ0v) is 22.3. The average Bonchev–Trinajstić information content (AvgIpc) is 3.06. The van der Waals surface area contributed by atoms with Crippen LogP contribution in [-0.2, 0) is 0 Å². The second-order valence-electron chi connectivity index (χ2n) is 9.98. The van der Waals surface area contributed by atoms with Crippen molar-refractivity contribution in [3.05, 3.63) is 139 Å². The first kappa shape index (κ1) is 23.8. The van der Waals surface area contributed by atoms with Crippen LogP contribution in [0, 0.1) is 11.3 Å². The van der Waals surface area contributed by atoms with Crippen LogP contribution in [0.2, 0.25) is 0 Å². The molecule has 42 heavy (non-hydrogen) atoms. The number of nitriles is 1. The number of hydrogen-bond donors (Lipinski definition) is 0. The Morgan fingerprint density at radius 1 is 0.524 bits per heavy atom. The average molecular weight is 543 g/mol. The number of ether oxygens (including phenoxy) is 2. The maximum Gasteiger partial charge on any atom is 0.151 e. The van der Waals surface area contributed by atoms with Gasteiger partial charge in [-0.05, 0) is 72.3 Å². The van der Waals surface area contributed by atoms with Crippen molar-refractivity contribution in [2.75, 3.05) is 9.80 Å². The first-order chi connectivity index (χ1) is 20.8. The van der Waals surface area contributed by atoms with Crippen LogP contribution >= 0.6 is 0 Å². The molecule has 6 heteroatoms. The number of anilines is 6. The fourth-order valence-electron chi connectivity index (χ4n) is 5.72. The van der Waals surface area contributed by atoms with Gasteiger partial charge in [0.2, 0.25) is 0 Å². The number of aromatic nitrogens is 1. The van der Waals surface area contributed by atoms with Gasteiger partial charge in [0.15, 0.2) is 23.0 Å². The van der Waals surface area contributed by atoms with Gasteiger partial charge in [0.25, 0.3) is 0 Å².